The third-order valence-corrected chi connectivity index (χ3v) is 2.32. The summed E-state index contributed by atoms with van der Waals surface area (Å²) < 4.78 is 9.92. The standard InChI is InChI=1S/C13H11N3O3/c14-7-10-3-1-2-4-12(10)18-9-13(17)15-8-11-5-6-19-16-11/h1-6H,8-9H2,(H,15,17). The fraction of sp³-hybridized carbons (Fsp3) is 0.154. The maximum atomic E-state index is 11.5. The summed E-state index contributed by atoms with van der Waals surface area (Å²) in [6, 6.07) is 10.4. The van der Waals surface area contributed by atoms with Gasteiger partial charge in [0.25, 0.3) is 5.91 Å². The van der Waals surface area contributed by atoms with Crippen molar-refractivity contribution >= 4 is 5.91 Å². The molecule has 0 bridgehead atoms. The lowest BCUT2D eigenvalue weighted by molar-refractivity contribution is -0.123. The summed E-state index contributed by atoms with van der Waals surface area (Å²) in [4.78, 5) is 11.5. The number of rotatable bonds is 5. The van der Waals surface area contributed by atoms with E-state index in [2.05, 4.69) is 15.0 Å². The van der Waals surface area contributed by atoms with E-state index >= 15 is 0 Å². The Labute approximate surface area is 109 Å². The van der Waals surface area contributed by atoms with Crippen molar-refractivity contribution in [3.8, 4) is 11.8 Å². The SMILES string of the molecule is N#Cc1ccccc1OCC(=O)NCc1ccon1. The normalized spacial score (nSPS) is 9.63. The molecule has 0 unspecified atom stereocenters. The summed E-state index contributed by atoms with van der Waals surface area (Å²) in [7, 11) is 0. The van der Waals surface area contributed by atoms with E-state index in [1.54, 1.807) is 30.3 Å². The molecule has 96 valence electrons. The van der Waals surface area contributed by atoms with Crippen LogP contribution in [0.4, 0.5) is 0 Å². The van der Waals surface area contributed by atoms with E-state index in [4.69, 9.17) is 10.00 Å². The van der Waals surface area contributed by atoms with Crippen LogP contribution >= 0.6 is 0 Å². The second-order valence-corrected chi connectivity index (χ2v) is 3.66. The summed E-state index contributed by atoms with van der Waals surface area (Å²) in [5, 5.41) is 15.1. The van der Waals surface area contributed by atoms with Crippen LogP contribution in [0.3, 0.4) is 0 Å². The van der Waals surface area contributed by atoms with Crippen LogP contribution in [0.25, 0.3) is 0 Å². The van der Waals surface area contributed by atoms with Crippen LogP contribution in [0.1, 0.15) is 11.3 Å². The third-order valence-electron chi connectivity index (χ3n) is 2.32. The summed E-state index contributed by atoms with van der Waals surface area (Å²) >= 11 is 0. The first-order valence-corrected chi connectivity index (χ1v) is 5.57. The van der Waals surface area contributed by atoms with Gasteiger partial charge in [-0.3, -0.25) is 4.79 Å². The van der Waals surface area contributed by atoms with E-state index in [0.29, 0.717) is 17.0 Å². The van der Waals surface area contributed by atoms with E-state index in [9.17, 15) is 4.79 Å². The molecule has 0 aliphatic heterocycles. The number of amides is 1. The van der Waals surface area contributed by atoms with Crippen LogP contribution in [0, 0.1) is 11.3 Å². The lowest BCUT2D eigenvalue weighted by atomic mass is 10.2. The molecule has 1 heterocycles. The summed E-state index contributed by atoms with van der Waals surface area (Å²) in [6.45, 7) is 0.120. The third kappa shape index (κ3) is 3.57. The molecule has 0 aliphatic carbocycles. The van der Waals surface area contributed by atoms with Gasteiger partial charge < -0.3 is 14.6 Å². The highest BCUT2D eigenvalue weighted by Gasteiger charge is 2.06. The Morgan fingerprint density at radius 3 is 3.00 bits per heavy atom. The second-order valence-electron chi connectivity index (χ2n) is 3.66. The molecule has 0 saturated heterocycles. The summed E-state index contributed by atoms with van der Waals surface area (Å²) in [5.41, 5.74) is 1.03. The number of para-hydroxylation sites is 1. The van der Waals surface area contributed by atoms with Crippen LogP contribution in [0.15, 0.2) is 41.1 Å². The Hall–Kier alpha value is -2.81. The second kappa shape index (κ2) is 6.21. The van der Waals surface area contributed by atoms with Crippen molar-refractivity contribution in [3.63, 3.8) is 0 Å². The molecule has 0 atom stereocenters. The Bertz CT molecular complexity index is 587. The molecule has 0 saturated carbocycles. The van der Waals surface area contributed by atoms with E-state index in [1.807, 2.05) is 6.07 Å². The van der Waals surface area contributed by atoms with E-state index < -0.39 is 0 Å². The van der Waals surface area contributed by atoms with Crippen molar-refractivity contribution in [3.05, 3.63) is 47.9 Å². The van der Waals surface area contributed by atoms with Gasteiger partial charge in [-0.05, 0) is 12.1 Å². The largest absolute Gasteiger partial charge is 0.482 e. The fourth-order valence-electron chi connectivity index (χ4n) is 1.40. The molecule has 6 nitrogen and oxygen atoms in total. The molecule has 0 spiro atoms. The monoisotopic (exact) mass is 257 g/mol. The number of aromatic nitrogens is 1. The number of ether oxygens (including phenoxy) is 1. The molecule has 1 amide bonds. The quantitative estimate of drug-likeness (QED) is 0.870. The maximum Gasteiger partial charge on any atom is 0.258 e. The number of hydrogen-bond acceptors (Lipinski definition) is 5. The topological polar surface area (TPSA) is 88.1 Å². The van der Waals surface area contributed by atoms with Crippen LogP contribution in [-0.4, -0.2) is 17.7 Å². The predicted molar refractivity (Wildman–Crippen MR) is 65.0 cm³/mol. The number of hydrogen-bond donors (Lipinski definition) is 1. The number of carbonyl (C=O) groups is 1. The van der Waals surface area contributed by atoms with Gasteiger partial charge in [0.2, 0.25) is 0 Å². The molecule has 0 fully saturated rings. The van der Waals surface area contributed by atoms with E-state index in [0.717, 1.165) is 0 Å². The van der Waals surface area contributed by atoms with Gasteiger partial charge in [0.15, 0.2) is 6.61 Å². The van der Waals surface area contributed by atoms with Crippen molar-refractivity contribution in [1.29, 1.82) is 5.26 Å². The van der Waals surface area contributed by atoms with Gasteiger partial charge in [0.1, 0.15) is 23.8 Å². The van der Waals surface area contributed by atoms with Gasteiger partial charge in [0, 0.05) is 6.07 Å². The van der Waals surface area contributed by atoms with Crippen LogP contribution in [0.5, 0.6) is 5.75 Å². The van der Waals surface area contributed by atoms with Crippen molar-refractivity contribution in [1.82, 2.24) is 10.5 Å². The minimum Gasteiger partial charge on any atom is -0.482 e. The predicted octanol–water partition coefficient (Wildman–Crippen LogP) is 1.24. The van der Waals surface area contributed by atoms with Crippen molar-refractivity contribution < 1.29 is 14.1 Å². The molecule has 19 heavy (non-hydrogen) atoms. The van der Waals surface area contributed by atoms with Crippen molar-refractivity contribution in [2.24, 2.45) is 0 Å². The fourth-order valence-corrected chi connectivity index (χ4v) is 1.40. The highest BCUT2D eigenvalue weighted by atomic mass is 16.5. The minimum absolute atomic E-state index is 0.156. The van der Waals surface area contributed by atoms with Crippen LogP contribution in [-0.2, 0) is 11.3 Å². The average Bonchev–Trinajstić information content (AvgIpc) is 2.96. The molecular weight excluding hydrogens is 246 g/mol. The van der Waals surface area contributed by atoms with E-state index in [1.165, 1.54) is 6.26 Å². The van der Waals surface area contributed by atoms with Crippen molar-refractivity contribution in [2.75, 3.05) is 6.61 Å². The van der Waals surface area contributed by atoms with Gasteiger partial charge in [-0.15, -0.1) is 0 Å². The average molecular weight is 257 g/mol. The lowest BCUT2D eigenvalue weighted by Gasteiger charge is -2.07. The summed E-state index contributed by atoms with van der Waals surface area (Å²) in [6.07, 6.45) is 1.43. The zero-order chi connectivity index (χ0) is 13.5. The molecule has 2 aromatic rings. The van der Waals surface area contributed by atoms with Gasteiger partial charge in [-0.1, -0.05) is 17.3 Å². The highest BCUT2D eigenvalue weighted by molar-refractivity contribution is 5.77. The number of carbonyl (C=O) groups excluding carboxylic acids is 1. The molecule has 0 radical (unpaired) electrons. The molecule has 2 rings (SSSR count). The smallest absolute Gasteiger partial charge is 0.258 e. The molecule has 1 N–H and O–H groups in total. The Morgan fingerprint density at radius 2 is 2.26 bits per heavy atom. The van der Waals surface area contributed by atoms with E-state index in [-0.39, 0.29) is 19.1 Å². The van der Waals surface area contributed by atoms with Gasteiger partial charge in [-0.25, -0.2) is 0 Å². The minimum atomic E-state index is -0.296. The lowest BCUT2D eigenvalue weighted by Crippen LogP contribution is -2.28. The number of nitrogens with zero attached hydrogens (tertiary/aromatic N) is 2. The van der Waals surface area contributed by atoms with Crippen molar-refractivity contribution in [2.45, 2.75) is 6.54 Å². The zero-order valence-corrected chi connectivity index (χ0v) is 10.00. The Balaban J connectivity index is 1.82. The summed E-state index contributed by atoms with van der Waals surface area (Å²) in [5.74, 6) is 0.0947. The van der Waals surface area contributed by atoms with Gasteiger partial charge in [0.05, 0.1) is 12.1 Å². The molecular formula is C13H11N3O3. The first-order chi connectivity index (χ1) is 9.29. The van der Waals surface area contributed by atoms with Crippen LogP contribution in [0.2, 0.25) is 0 Å². The zero-order valence-electron chi connectivity index (χ0n) is 10.00. The Kier molecular flexibility index (Phi) is 4.13. The molecule has 6 heteroatoms. The van der Waals surface area contributed by atoms with Crippen LogP contribution < -0.4 is 10.1 Å². The first-order valence-electron chi connectivity index (χ1n) is 5.57. The number of benzene rings is 1. The molecule has 1 aromatic heterocycles. The number of nitrogens with one attached hydrogen (secondary N) is 1. The Morgan fingerprint density at radius 1 is 1.42 bits per heavy atom. The maximum absolute atomic E-state index is 11.5. The number of nitriles is 1. The first kappa shape index (κ1) is 12.6. The highest BCUT2D eigenvalue weighted by Crippen LogP contribution is 2.16. The van der Waals surface area contributed by atoms with Gasteiger partial charge >= 0.3 is 0 Å². The van der Waals surface area contributed by atoms with Gasteiger partial charge in [-0.2, -0.15) is 5.26 Å². The molecule has 1 aromatic carbocycles. The molecule has 0 aliphatic rings.